The van der Waals surface area contributed by atoms with Crippen molar-refractivity contribution in [2.24, 2.45) is 5.73 Å². The molecule has 3 N–H and O–H groups in total. The molecule has 1 aliphatic carbocycles. The zero-order valence-electron chi connectivity index (χ0n) is 9.22. The minimum absolute atomic E-state index is 0.0153. The number of rotatable bonds is 2. The van der Waals surface area contributed by atoms with Crippen LogP contribution in [0.1, 0.15) is 25.7 Å². The number of hydrogen-bond donors (Lipinski definition) is 2. The molecule has 0 spiro atoms. The molecule has 2 unspecified atom stereocenters. The molecule has 0 bridgehead atoms. The number of nitrogens with zero attached hydrogens (tertiary/aromatic N) is 1. The molecule has 94 valence electrons. The van der Waals surface area contributed by atoms with Crippen molar-refractivity contribution in [2.75, 3.05) is 5.32 Å². The summed E-state index contributed by atoms with van der Waals surface area (Å²) in [5.74, 6) is -1.30. The van der Waals surface area contributed by atoms with Crippen molar-refractivity contribution >= 4 is 21.7 Å². The van der Waals surface area contributed by atoms with Crippen LogP contribution in [0.5, 0.6) is 0 Å². The van der Waals surface area contributed by atoms with Gasteiger partial charge in [-0.25, -0.2) is 13.8 Å². The van der Waals surface area contributed by atoms with E-state index in [2.05, 4.69) is 26.2 Å². The number of anilines is 1. The van der Waals surface area contributed by atoms with Crippen LogP contribution in [0.15, 0.2) is 10.7 Å². The average Bonchev–Trinajstić information content (AvgIpc) is 2.26. The Bertz CT molecular complexity index is 414. The summed E-state index contributed by atoms with van der Waals surface area (Å²) in [7, 11) is 0. The topological polar surface area (TPSA) is 50.9 Å². The fourth-order valence-corrected chi connectivity index (χ4v) is 2.39. The van der Waals surface area contributed by atoms with Crippen molar-refractivity contribution < 1.29 is 8.78 Å². The van der Waals surface area contributed by atoms with Gasteiger partial charge in [-0.2, -0.15) is 0 Å². The Kier molecular flexibility index (Phi) is 3.93. The number of hydrogen-bond acceptors (Lipinski definition) is 3. The smallest absolute Gasteiger partial charge is 0.168 e. The summed E-state index contributed by atoms with van der Waals surface area (Å²) < 4.78 is 26.5. The second kappa shape index (κ2) is 5.27. The van der Waals surface area contributed by atoms with Crippen molar-refractivity contribution in [1.82, 2.24) is 4.98 Å². The van der Waals surface area contributed by atoms with E-state index in [0.717, 1.165) is 31.7 Å². The van der Waals surface area contributed by atoms with Crippen molar-refractivity contribution in [3.63, 3.8) is 0 Å². The van der Waals surface area contributed by atoms with Crippen LogP contribution in [0.25, 0.3) is 0 Å². The second-order valence-electron chi connectivity index (χ2n) is 4.36. The third-order valence-electron chi connectivity index (χ3n) is 2.94. The van der Waals surface area contributed by atoms with Gasteiger partial charge in [-0.3, -0.25) is 0 Å². The predicted octanol–water partition coefficient (Wildman–Crippen LogP) is 2.80. The lowest BCUT2D eigenvalue weighted by molar-refractivity contribution is 0.407. The van der Waals surface area contributed by atoms with Gasteiger partial charge in [-0.05, 0) is 41.6 Å². The zero-order valence-corrected chi connectivity index (χ0v) is 10.8. The maximum atomic E-state index is 13.5. The molecule has 17 heavy (non-hydrogen) atoms. The summed E-state index contributed by atoms with van der Waals surface area (Å²) >= 11 is 2.94. The Labute approximate surface area is 107 Å². The number of nitrogens with two attached hydrogens (primary N) is 1. The normalized spacial score (nSPS) is 24.7. The van der Waals surface area contributed by atoms with Crippen LogP contribution in [-0.4, -0.2) is 17.1 Å². The number of pyridine rings is 1. The van der Waals surface area contributed by atoms with E-state index in [-0.39, 0.29) is 22.5 Å². The zero-order chi connectivity index (χ0) is 12.4. The minimum Gasteiger partial charge on any atom is -0.365 e. The van der Waals surface area contributed by atoms with Crippen LogP contribution < -0.4 is 11.1 Å². The van der Waals surface area contributed by atoms with E-state index in [9.17, 15) is 8.78 Å². The molecule has 6 heteroatoms. The van der Waals surface area contributed by atoms with Crippen LogP contribution in [0.3, 0.4) is 0 Å². The van der Waals surface area contributed by atoms with Crippen LogP contribution >= 0.6 is 15.9 Å². The molecular weight excluding hydrogens is 292 g/mol. The van der Waals surface area contributed by atoms with E-state index in [4.69, 9.17) is 5.73 Å². The van der Waals surface area contributed by atoms with E-state index in [0.29, 0.717) is 0 Å². The molecule has 1 heterocycles. The Morgan fingerprint density at radius 3 is 2.82 bits per heavy atom. The van der Waals surface area contributed by atoms with Crippen molar-refractivity contribution in [1.29, 1.82) is 0 Å². The molecule has 0 amide bonds. The number of nitrogens with one attached hydrogen (secondary N) is 1. The van der Waals surface area contributed by atoms with Gasteiger partial charge in [0.05, 0.1) is 0 Å². The Morgan fingerprint density at radius 1 is 1.35 bits per heavy atom. The molecule has 2 atom stereocenters. The van der Waals surface area contributed by atoms with E-state index >= 15 is 0 Å². The summed E-state index contributed by atoms with van der Waals surface area (Å²) in [6, 6.07) is 1.08. The van der Waals surface area contributed by atoms with Crippen LogP contribution in [0.4, 0.5) is 14.6 Å². The third kappa shape index (κ3) is 3.13. The molecule has 1 aromatic rings. The van der Waals surface area contributed by atoms with Crippen molar-refractivity contribution in [2.45, 2.75) is 37.8 Å². The van der Waals surface area contributed by atoms with E-state index in [1.807, 2.05) is 0 Å². The molecule has 2 rings (SSSR count). The molecule has 0 aromatic carbocycles. The van der Waals surface area contributed by atoms with E-state index in [1.165, 1.54) is 0 Å². The largest absolute Gasteiger partial charge is 0.365 e. The second-order valence-corrected chi connectivity index (χ2v) is 5.11. The molecule has 1 fully saturated rings. The Balaban J connectivity index is 2.10. The quantitative estimate of drug-likeness (QED) is 0.826. The van der Waals surface area contributed by atoms with Gasteiger partial charge in [0.1, 0.15) is 4.60 Å². The minimum atomic E-state index is -0.701. The van der Waals surface area contributed by atoms with Gasteiger partial charge in [0.15, 0.2) is 17.5 Å². The Morgan fingerprint density at radius 2 is 2.12 bits per heavy atom. The lowest BCUT2D eigenvalue weighted by atomic mass is 9.92. The lowest BCUT2D eigenvalue weighted by Gasteiger charge is -2.27. The van der Waals surface area contributed by atoms with Gasteiger partial charge in [-0.1, -0.05) is 0 Å². The van der Waals surface area contributed by atoms with Gasteiger partial charge in [0.2, 0.25) is 0 Å². The molecule has 0 radical (unpaired) electrons. The molecular formula is C11H14BrF2N3. The highest BCUT2D eigenvalue weighted by Crippen LogP contribution is 2.24. The molecule has 0 saturated heterocycles. The third-order valence-corrected chi connectivity index (χ3v) is 3.50. The maximum Gasteiger partial charge on any atom is 0.168 e. The van der Waals surface area contributed by atoms with Gasteiger partial charge in [-0.15, -0.1) is 0 Å². The molecule has 1 aliphatic rings. The van der Waals surface area contributed by atoms with Gasteiger partial charge < -0.3 is 11.1 Å². The van der Waals surface area contributed by atoms with Gasteiger partial charge in [0, 0.05) is 18.2 Å². The molecule has 1 saturated carbocycles. The first-order chi connectivity index (χ1) is 8.06. The van der Waals surface area contributed by atoms with Crippen molar-refractivity contribution in [3.8, 4) is 0 Å². The standard InChI is InChI=1S/C11H14BrF2N3/c12-10-8(13)5-9(14)11(17-10)16-7-3-1-2-6(15)4-7/h5-7H,1-4,15H2,(H,16,17). The predicted molar refractivity (Wildman–Crippen MR) is 65.7 cm³/mol. The summed E-state index contributed by atoms with van der Waals surface area (Å²) in [4.78, 5) is 3.81. The van der Waals surface area contributed by atoms with Crippen LogP contribution in [0.2, 0.25) is 0 Å². The van der Waals surface area contributed by atoms with Crippen LogP contribution in [0, 0.1) is 11.6 Å². The number of aromatic nitrogens is 1. The van der Waals surface area contributed by atoms with E-state index in [1.54, 1.807) is 0 Å². The van der Waals surface area contributed by atoms with Crippen molar-refractivity contribution in [3.05, 3.63) is 22.3 Å². The first-order valence-corrected chi connectivity index (χ1v) is 6.39. The highest BCUT2D eigenvalue weighted by atomic mass is 79.9. The summed E-state index contributed by atoms with van der Waals surface area (Å²) in [6.07, 6.45) is 3.74. The molecule has 1 aromatic heterocycles. The lowest BCUT2D eigenvalue weighted by Crippen LogP contribution is -2.35. The monoisotopic (exact) mass is 305 g/mol. The summed E-state index contributed by atoms with van der Waals surface area (Å²) in [5, 5.41) is 2.98. The number of halogens is 3. The highest BCUT2D eigenvalue weighted by molar-refractivity contribution is 9.10. The van der Waals surface area contributed by atoms with Gasteiger partial charge in [0.25, 0.3) is 0 Å². The summed E-state index contributed by atoms with van der Waals surface area (Å²) in [5.41, 5.74) is 5.85. The first-order valence-electron chi connectivity index (χ1n) is 5.60. The maximum absolute atomic E-state index is 13.5. The fraction of sp³-hybridized carbons (Fsp3) is 0.545. The first kappa shape index (κ1) is 12.7. The Hall–Kier alpha value is -0.750. The van der Waals surface area contributed by atoms with Crippen LogP contribution in [-0.2, 0) is 0 Å². The molecule has 0 aliphatic heterocycles. The molecule has 3 nitrogen and oxygen atoms in total. The fourth-order valence-electron chi connectivity index (χ4n) is 2.10. The highest BCUT2D eigenvalue weighted by Gasteiger charge is 2.21. The SMILES string of the molecule is NC1CCCC(Nc2nc(Br)c(F)cc2F)C1. The van der Waals surface area contributed by atoms with Gasteiger partial charge >= 0.3 is 0 Å². The average molecular weight is 306 g/mol. The van der Waals surface area contributed by atoms with E-state index < -0.39 is 11.6 Å². The summed E-state index contributed by atoms with van der Waals surface area (Å²) in [6.45, 7) is 0.